The molecule has 0 spiro atoms. The summed E-state index contributed by atoms with van der Waals surface area (Å²) < 4.78 is 0. The molecule has 1 aromatic rings. The molecule has 2 nitrogen and oxygen atoms in total. The van der Waals surface area contributed by atoms with Gasteiger partial charge < -0.3 is 0 Å². The van der Waals surface area contributed by atoms with Crippen LogP contribution in [0.15, 0.2) is 24.3 Å². The first kappa shape index (κ1) is 15.6. The number of benzene rings is 1. The van der Waals surface area contributed by atoms with Crippen molar-refractivity contribution in [1.29, 1.82) is 0 Å². The number of thioether (sulfide) groups is 1. The molecule has 0 amide bonds. The van der Waals surface area contributed by atoms with E-state index >= 15 is 0 Å². The van der Waals surface area contributed by atoms with E-state index in [1.807, 2.05) is 11.8 Å². The summed E-state index contributed by atoms with van der Waals surface area (Å²) >= 11 is 1.89. The minimum atomic E-state index is 0.0936. The number of hydrogen-bond donors (Lipinski definition) is 0. The Hall–Kier alpha value is -0.800. The number of Topliss-reactive ketones (excluding diaryl/α,β-unsaturated/α-hetero) is 1. The summed E-state index contributed by atoms with van der Waals surface area (Å²) in [5, 5.41) is 0. The van der Waals surface area contributed by atoms with Crippen molar-refractivity contribution in [3.63, 3.8) is 0 Å². The summed E-state index contributed by atoms with van der Waals surface area (Å²) in [4.78, 5) is 14.6. The molecule has 20 heavy (non-hydrogen) atoms. The first-order valence-corrected chi connectivity index (χ1v) is 8.43. The standard InChI is InChI=1S/C17H25NOS/c1-17(2,3)14-7-5-13(6-8-14)11-16(19)15-12-20-10-9-18(15)4/h5-8,15H,9-12H2,1-4H3. The third-order valence-corrected chi connectivity index (χ3v) is 4.99. The van der Waals surface area contributed by atoms with Gasteiger partial charge in [0.1, 0.15) is 0 Å². The molecule has 1 aliphatic rings. The van der Waals surface area contributed by atoms with E-state index < -0.39 is 0 Å². The second-order valence-corrected chi connectivity index (χ2v) is 7.81. The Morgan fingerprint density at radius 3 is 2.50 bits per heavy atom. The van der Waals surface area contributed by atoms with Crippen LogP contribution in [0.25, 0.3) is 0 Å². The molecule has 1 fully saturated rings. The van der Waals surface area contributed by atoms with Crippen molar-refractivity contribution < 1.29 is 4.79 Å². The molecule has 0 aliphatic carbocycles. The highest BCUT2D eigenvalue weighted by Gasteiger charge is 2.26. The van der Waals surface area contributed by atoms with E-state index in [4.69, 9.17) is 0 Å². The molecule has 1 aliphatic heterocycles. The van der Waals surface area contributed by atoms with Crippen LogP contribution in [-0.4, -0.2) is 41.8 Å². The smallest absolute Gasteiger partial charge is 0.155 e. The summed E-state index contributed by atoms with van der Waals surface area (Å²) in [6, 6.07) is 8.61. The second-order valence-electron chi connectivity index (χ2n) is 6.66. The van der Waals surface area contributed by atoms with Crippen LogP contribution in [0.3, 0.4) is 0 Å². The molecule has 0 aromatic heterocycles. The summed E-state index contributed by atoms with van der Waals surface area (Å²) in [6.07, 6.45) is 0.556. The van der Waals surface area contributed by atoms with Gasteiger partial charge in [0.25, 0.3) is 0 Å². The Morgan fingerprint density at radius 1 is 1.30 bits per heavy atom. The summed E-state index contributed by atoms with van der Waals surface area (Å²) in [6.45, 7) is 7.65. The van der Waals surface area contributed by atoms with E-state index in [-0.39, 0.29) is 11.5 Å². The van der Waals surface area contributed by atoms with Crippen LogP contribution in [0.1, 0.15) is 31.9 Å². The van der Waals surface area contributed by atoms with E-state index in [9.17, 15) is 4.79 Å². The van der Waals surface area contributed by atoms with Gasteiger partial charge in [-0.2, -0.15) is 11.8 Å². The van der Waals surface area contributed by atoms with E-state index in [1.165, 1.54) is 5.56 Å². The molecule has 0 radical (unpaired) electrons. The Labute approximate surface area is 126 Å². The van der Waals surface area contributed by atoms with Gasteiger partial charge in [-0.15, -0.1) is 0 Å². The SMILES string of the molecule is CN1CCSCC1C(=O)Cc1ccc(C(C)(C)C)cc1. The van der Waals surface area contributed by atoms with Gasteiger partial charge in [-0.25, -0.2) is 0 Å². The average molecular weight is 291 g/mol. The molecule has 1 heterocycles. The molecule has 110 valence electrons. The van der Waals surface area contributed by atoms with Gasteiger partial charge in [0.2, 0.25) is 0 Å². The minimum absolute atomic E-state index is 0.0936. The zero-order valence-corrected chi connectivity index (χ0v) is 13.8. The maximum atomic E-state index is 12.4. The van der Waals surface area contributed by atoms with Crippen LogP contribution in [0.2, 0.25) is 0 Å². The topological polar surface area (TPSA) is 20.3 Å². The Balaban J connectivity index is 2.01. The molecule has 0 N–H and O–H groups in total. The highest BCUT2D eigenvalue weighted by Crippen LogP contribution is 2.23. The third-order valence-electron chi connectivity index (χ3n) is 3.97. The van der Waals surface area contributed by atoms with Gasteiger partial charge in [-0.1, -0.05) is 45.0 Å². The van der Waals surface area contributed by atoms with E-state index in [0.717, 1.165) is 23.6 Å². The number of hydrogen-bond acceptors (Lipinski definition) is 3. The van der Waals surface area contributed by atoms with E-state index in [2.05, 4.69) is 57.0 Å². The minimum Gasteiger partial charge on any atom is -0.298 e. The van der Waals surface area contributed by atoms with Crippen molar-refractivity contribution in [2.45, 2.75) is 38.6 Å². The summed E-state index contributed by atoms with van der Waals surface area (Å²) in [5.41, 5.74) is 2.62. The normalized spacial score (nSPS) is 20.9. The summed E-state index contributed by atoms with van der Waals surface area (Å²) in [5.74, 6) is 2.43. The van der Waals surface area contributed by atoms with Crippen molar-refractivity contribution >= 4 is 17.5 Å². The van der Waals surface area contributed by atoms with Crippen molar-refractivity contribution in [2.75, 3.05) is 25.1 Å². The van der Waals surface area contributed by atoms with Gasteiger partial charge in [0.05, 0.1) is 6.04 Å². The number of likely N-dealkylation sites (N-methyl/N-ethyl adjacent to an activating group) is 1. The number of ketones is 1. The lowest BCUT2D eigenvalue weighted by molar-refractivity contribution is -0.122. The average Bonchev–Trinajstić information content (AvgIpc) is 2.38. The molecule has 0 bridgehead atoms. The lowest BCUT2D eigenvalue weighted by Crippen LogP contribution is -2.45. The fourth-order valence-corrected chi connectivity index (χ4v) is 3.71. The van der Waals surface area contributed by atoms with Crippen LogP contribution in [-0.2, 0) is 16.6 Å². The second kappa shape index (κ2) is 6.31. The molecular weight excluding hydrogens is 266 g/mol. The maximum Gasteiger partial charge on any atom is 0.155 e. The largest absolute Gasteiger partial charge is 0.298 e. The first-order valence-electron chi connectivity index (χ1n) is 7.28. The van der Waals surface area contributed by atoms with Crippen molar-refractivity contribution in [1.82, 2.24) is 4.90 Å². The Kier molecular flexibility index (Phi) is 4.92. The van der Waals surface area contributed by atoms with Gasteiger partial charge in [-0.05, 0) is 23.6 Å². The van der Waals surface area contributed by atoms with Gasteiger partial charge in [-0.3, -0.25) is 9.69 Å². The number of carbonyl (C=O) groups is 1. The van der Waals surface area contributed by atoms with Crippen molar-refractivity contribution in [3.05, 3.63) is 35.4 Å². The predicted octanol–water partition coefficient (Wildman–Crippen LogP) is 3.14. The van der Waals surface area contributed by atoms with Crippen LogP contribution in [0, 0.1) is 0 Å². The zero-order chi connectivity index (χ0) is 14.8. The molecule has 1 unspecified atom stereocenters. The number of nitrogens with zero attached hydrogens (tertiary/aromatic N) is 1. The molecular formula is C17H25NOS. The molecule has 2 rings (SSSR count). The van der Waals surface area contributed by atoms with E-state index in [0.29, 0.717) is 12.2 Å². The number of carbonyl (C=O) groups excluding carboxylic acids is 1. The molecule has 1 atom stereocenters. The molecule has 1 saturated heterocycles. The van der Waals surface area contributed by atoms with Gasteiger partial charge >= 0.3 is 0 Å². The Bertz CT molecular complexity index is 461. The van der Waals surface area contributed by atoms with Crippen LogP contribution < -0.4 is 0 Å². The van der Waals surface area contributed by atoms with Crippen LogP contribution in [0.4, 0.5) is 0 Å². The Morgan fingerprint density at radius 2 is 1.95 bits per heavy atom. The highest BCUT2D eigenvalue weighted by molar-refractivity contribution is 7.99. The van der Waals surface area contributed by atoms with Crippen molar-refractivity contribution in [2.24, 2.45) is 0 Å². The highest BCUT2D eigenvalue weighted by atomic mass is 32.2. The van der Waals surface area contributed by atoms with Crippen LogP contribution >= 0.6 is 11.8 Å². The van der Waals surface area contributed by atoms with Gasteiger partial charge in [0.15, 0.2) is 5.78 Å². The monoisotopic (exact) mass is 291 g/mol. The van der Waals surface area contributed by atoms with Crippen molar-refractivity contribution in [3.8, 4) is 0 Å². The maximum absolute atomic E-state index is 12.4. The lowest BCUT2D eigenvalue weighted by atomic mass is 9.86. The zero-order valence-electron chi connectivity index (χ0n) is 13.0. The fraction of sp³-hybridized carbons (Fsp3) is 0.588. The third kappa shape index (κ3) is 3.86. The first-order chi connectivity index (χ1) is 9.38. The summed E-state index contributed by atoms with van der Waals surface area (Å²) in [7, 11) is 2.06. The molecule has 3 heteroatoms. The van der Waals surface area contributed by atoms with Crippen LogP contribution in [0.5, 0.6) is 0 Å². The lowest BCUT2D eigenvalue weighted by Gasteiger charge is -2.30. The molecule has 0 saturated carbocycles. The number of rotatable bonds is 3. The fourth-order valence-electron chi connectivity index (χ4n) is 2.47. The quantitative estimate of drug-likeness (QED) is 0.853. The van der Waals surface area contributed by atoms with E-state index in [1.54, 1.807) is 0 Å². The predicted molar refractivity (Wildman–Crippen MR) is 87.6 cm³/mol. The van der Waals surface area contributed by atoms with Gasteiger partial charge in [0, 0.05) is 24.5 Å². The molecule has 1 aromatic carbocycles.